The van der Waals surface area contributed by atoms with Gasteiger partial charge in [0, 0.05) is 6.54 Å². The van der Waals surface area contributed by atoms with Crippen molar-refractivity contribution in [2.24, 2.45) is 11.8 Å². The largest absolute Gasteiger partial charge is 0.480 e. The second-order valence-electron chi connectivity index (χ2n) is 4.22. The number of rotatable bonds is 5. The number of carbonyl (C=O) groups is 3. The van der Waals surface area contributed by atoms with Crippen molar-refractivity contribution in [2.45, 2.75) is 6.92 Å². The highest BCUT2D eigenvalue weighted by Gasteiger charge is 2.34. The average molecular weight is 244 g/mol. The molecule has 0 saturated carbocycles. The van der Waals surface area contributed by atoms with E-state index in [0.29, 0.717) is 13.1 Å². The minimum absolute atomic E-state index is 0.0904. The summed E-state index contributed by atoms with van der Waals surface area (Å²) in [6.07, 6.45) is 0. The molecule has 7 heteroatoms. The minimum Gasteiger partial charge on any atom is -0.480 e. The van der Waals surface area contributed by atoms with Crippen LogP contribution in [0.15, 0.2) is 0 Å². The Hall–Kier alpha value is -1.63. The Bertz CT molecular complexity index is 315. The van der Waals surface area contributed by atoms with Crippen LogP contribution in [0.4, 0.5) is 0 Å². The van der Waals surface area contributed by atoms with E-state index in [1.807, 2.05) is 6.92 Å². The standard InChI is InChI=1S/C10H16N2O5/c1-6-2-11-3-7(6)10(17)12(4-8(13)14)5-9(15)16/h6-7,11H,2-5H2,1H3,(H,13,14)(H,15,16). The lowest BCUT2D eigenvalue weighted by Crippen LogP contribution is -2.44. The smallest absolute Gasteiger partial charge is 0.323 e. The summed E-state index contributed by atoms with van der Waals surface area (Å²) in [7, 11) is 0. The van der Waals surface area contributed by atoms with Gasteiger partial charge in [0.15, 0.2) is 0 Å². The molecule has 7 nitrogen and oxygen atoms in total. The molecule has 17 heavy (non-hydrogen) atoms. The Morgan fingerprint density at radius 2 is 1.71 bits per heavy atom. The van der Waals surface area contributed by atoms with Crippen molar-refractivity contribution < 1.29 is 24.6 Å². The number of hydrogen-bond donors (Lipinski definition) is 3. The second kappa shape index (κ2) is 5.62. The summed E-state index contributed by atoms with van der Waals surface area (Å²) >= 11 is 0. The van der Waals surface area contributed by atoms with Crippen LogP contribution in [0.3, 0.4) is 0 Å². The molecule has 1 aliphatic rings. The molecule has 1 rings (SSSR count). The number of carboxylic acid groups (broad SMARTS) is 2. The van der Waals surface area contributed by atoms with Gasteiger partial charge in [0.1, 0.15) is 13.1 Å². The quantitative estimate of drug-likeness (QED) is 0.563. The molecule has 96 valence electrons. The molecule has 1 aliphatic heterocycles. The molecule has 0 aliphatic carbocycles. The van der Waals surface area contributed by atoms with E-state index in [-0.39, 0.29) is 11.8 Å². The van der Waals surface area contributed by atoms with Crippen molar-refractivity contribution >= 4 is 17.8 Å². The summed E-state index contributed by atoms with van der Waals surface area (Å²) in [6, 6.07) is 0. The number of amides is 1. The molecule has 0 aromatic carbocycles. The molecule has 1 saturated heterocycles. The lowest BCUT2D eigenvalue weighted by Gasteiger charge is -2.23. The zero-order valence-electron chi connectivity index (χ0n) is 9.55. The van der Waals surface area contributed by atoms with E-state index in [4.69, 9.17) is 10.2 Å². The van der Waals surface area contributed by atoms with Crippen molar-refractivity contribution in [3.05, 3.63) is 0 Å². The van der Waals surface area contributed by atoms with Crippen molar-refractivity contribution in [3.63, 3.8) is 0 Å². The molecule has 2 unspecified atom stereocenters. The van der Waals surface area contributed by atoms with E-state index in [2.05, 4.69) is 5.32 Å². The van der Waals surface area contributed by atoms with Gasteiger partial charge >= 0.3 is 11.9 Å². The van der Waals surface area contributed by atoms with Gasteiger partial charge in [0.05, 0.1) is 5.92 Å². The van der Waals surface area contributed by atoms with Crippen LogP contribution < -0.4 is 5.32 Å². The molecule has 1 fully saturated rings. The lowest BCUT2D eigenvalue weighted by atomic mass is 9.96. The van der Waals surface area contributed by atoms with E-state index in [0.717, 1.165) is 4.90 Å². The summed E-state index contributed by atoms with van der Waals surface area (Å²) < 4.78 is 0. The third-order valence-electron chi connectivity index (χ3n) is 2.80. The number of carbonyl (C=O) groups excluding carboxylic acids is 1. The highest BCUT2D eigenvalue weighted by Crippen LogP contribution is 2.18. The Balaban J connectivity index is 2.70. The summed E-state index contributed by atoms with van der Waals surface area (Å²) in [4.78, 5) is 34.0. The maximum atomic E-state index is 12.0. The average Bonchev–Trinajstić information content (AvgIpc) is 2.61. The number of hydrogen-bond acceptors (Lipinski definition) is 4. The molecular weight excluding hydrogens is 228 g/mol. The van der Waals surface area contributed by atoms with Gasteiger partial charge in [-0.15, -0.1) is 0 Å². The van der Waals surface area contributed by atoms with Gasteiger partial charge in [0.2, 0.25) is 5.91 Å². The first-order valence-electron chi connectivity index (χ1n) is 5.35. The second-order valence-corrected chi connectivity index (χ2v) is 4.22. The molecule has 2 atom stereocenters. The van der Waals surface area contributed by atoms with Gasteiger partial charge in [-0.1, -0.05) is 6.92 Å². The zero-order valence-corrected chi connectivity index (χ0v) is 9.55. The van der Waals surface area contributed by atoms with Crippen molar-refractivity contribution in [3.8, 4) is 0 Å². The fourth-order valence-electron chi connectivity index (χ4n) is 1.91. The van der Waals surface area contributed by atoms with Crippen LogP contribution in [0.5, 0.6) is 0 Å². The Morgan fingerprint density at radius 3 is 2.06 bits per heavy atom. The fourth-order valence-corrected chi connectivity index (χ4v) is 1.91. The zero-order chi connectivity index (χ0) is 13.0. The van der Waals surface area contributed by atoms with Crippen LogP contribution in [-0.2, 0) is 14.4 Å². The Morgan fingerprint density at radius 1 is 1.18 bits per heavy atom. The van der Waals surface area contributed by atoms with Crippen LogP contribution in [0.25, 0.3) is 0 Å². The van der Waals surface area contributed by atoms with E-state index in [9.17, 15) is 14.4 Å². The van der Waals surface area contributed by atoms with E-state index < -0.39 is 30.9 Å². The van der Waals surface area contributed by atoms with Crippen molar-refractivity contribution in [1.82, 2.24) is 10.2 Å². The first kappa shape index (κ1) is 13.4. The molecule has 1 amide bonds. The van der Waals surface area contributed by atoms with Gasteiger partial charge in [-0.2, -0.15) is 0 Å². The maximum Gasteiger partial charge on any atom is 0.323 e. The van der Waals surface area contributed by atoms with Gasteiger partial charge < -0.3 is 20.4 Å². The van der Waals surface area contributed by atoms with Crippen molar-refractivity contribution in [1.29, 1.82) is 0 Å². The molecule has 0 spiro atoms. The first-order valence-corrected chi connectivity index (χ1v) is 5.35. The highest BCUT2D eigenvalue weighted by atomic mass is 16.4. The predicted octanol–water partition coefficient (Wildman–Crippen LogP) is -1.16. The number of nitrogens with one attached hydrogen (secondary N) is 1. The maximum absolute atomic E-state index is 12.0. The third kappa shape index (κ3) is 3.70. The molecule has 0 aromatic rings. The number of carboxylic acids is 2. The van der Waals surface area contributed by atoms with Crippen LogP contribution in [0, 0.1) is 11.8 Å². The topological polar surface area (TPSA) is 107 Å². The Kier molecular flexibility index (Phi) is 4.45. The summed E-state index contributed by atoms with van der Waals surface area (Å²) in [5, 5.41) is 20.3. The normalized spacial score (nSPS) is 23.4. The molecule has 0 radical (unpaired) electrons. The van der Waals surface area contributed by atoms with E-state index in [1.54, 1.807) is 0 Å². The number of nitrogens with zero attached hydrogens (tertiary/aromatic N) is 1. The molecule has 0 bridgehead atoms. The van der Waals surface area contributed by atoms with Gasteiger partial charge in [-0.3, -0.25) is 14.4 Å². The molecule has 1 heterocycles. The lowest BCUT2D eigenvalue weighted by molar-refractivity contribution is -0.151. The minimum atomic E-state index is -1.21. The van der Waals surface area contributed by atoms with Crippen LogP contribution in [0.1, 0.15) is 6.92 Å². The van der Waals surface area contributed by atoms with Crippen LogP contribution >= 0.6 is 0 Å². The van der Waals surface area contributed by atoms with Crippen LogP contribution in [-0.4, -0.2) is 59.1 Å². The first-order chi connectivity index (χ1) is 7.91. The fraction of sp³-hybridized carbons (Fsp3) is 0.700. The number of aliphatic carboxylic acids is 2. The van der Waals surface area contributed by atoms with E-state index in [1.165, 1.54) is 0 Å². The molecular formula is C10H16N2O5. The Labute approximate surface area is 98.4 Å². The highest BCUT2D eigenvalue weighted by molar-refractivity contribution is 5.87. The summed E-state index contributed by atoms with van der Waals surface area (Å²) in [6.45, 7) is 1.88. The van der Waals surface area contributed by atoms with Crippen molar-refractivity contribution in [2.75, 3.05) is 26.2 Å². The monoisotopic (exact) mass is 244 g/mol. The summed E-state index contributed by atoms with van der Waals surface area (Å²) in [5.41, 5.74) is 0. The SMILES string of the molecule is CC1CNCC1C(=O)N(CC(=O)O)CC(=O)O. The molecule has 3 N–H and O–H groups in total. The van der Waals surface area contributed by atoms with Gasteiger partial charge in [-0.05, 0) is 12.5 Å². The third-order valence-corrected chi connectivity index (χ3v) is 2.80. The van der Waals surface area contributed by atoms with Crippen LogP contribution in [0.2, 0.25) is 0 Å². The van der Waals surface area contributed by atoms with Gasteiger partial charge in [-0.25, -0.2) is 0 Å². The molecule has 0 aromatic heterocycles. The van der Waals surface area contributed by atoms with Gasteiger partial charge in [0.25, 0.3) is 0 Å². The van der Waals surface area contributed by atoms with E-state index >= 15 is 0 Å². The predicted molar refractivity (Wildman–Crippen MR) is 57.4 cm³/mol. The summed E-state index contributed by atoms with van der Waals surface area (Å²) in [5.74, 6) is -3.08.